The lowest BCUT2D eigenvalue weighted by Gasteiger charge is -2.33. The molecule has 0 spiro atoms. The molecule has 2 saturated heterocycles. The van der Waals surface area contributed by atoms with E-state index in [1.807, 2.05) is 29.2 Å². The quantitative estimate of drug-likeness (QED) is 0.741. The summed E-state index contributed by atoms with van der Waals surface area (Å²) in [5.74, 6) is 0.845. The molecule has 0 bridgehead atoms. The molecule has 0 radical (unpaired) electrons. The molecule has 160 valence electrons. The number of nitrogens with zero attached hydrogens (tertiary/aromatic N) is 4. The van der Waals surface area contributed by atoms with Gasteiger partial charge in [-0.3, -0.25) is 9.59 Å². The number of rotatable bonds is 5. The molecule has 2 aromatic rings. The van der Waals surface area contributed by atoms with Crippen LogP contribution in [-0.4, -0.2) is 67.1 Å². The molecule has 8 heteroatoms. The average molecular weight is 412 g/mol. The summed E-state index contributed by atoms with van der Waals surface area (Å²) in [6.07, 6.45) is 3.80. The van der Waals surface area contributed by atoms with Gasteiger partial charge in [-0.05, 0) is 30.5 Å². The number of ether oxygens (including phenoxy) is 2. The Morgan fingerprint density at radius 2 is 1.97 bits per heavy atom. The molecule has 1 unspecified atom stereocenters. The number of anilines is 1. The number of piperidine rings is 1. The zero-order valence-corrected chi connectivity index (χ0v) is 17.3. The van der Waals surface area contributed by atoms with E-state index in [-0.39, 0.29) is 17.5 Å². The summed E-state index contributed by atoms with van der Waals surface area (Å²) in [6, 6.07) is 9.10. The van der Waals surface area contributed by atoms with Crippen molar-refractivity contribution in [2.75, 3.05) is 51.4 Å². The number of aromatic nitrogens is 2. The summed E-state index contributed by atoms with van der Waals surface area (Å²) >= 11 is 0. The SMILES string of the molecule is COc1ccc(CC(=O)N2CCCC(n3ncc(N4CCOCC4)cc3=O)C2)cc1. The molecule has 1 amide bonds. The third-order valence-corrected chi connectivity index (χ3v) is 5.80. The first-order valence-electron chi connectivity index (χ1n) is 10.5. The van der Waals surface area contributed by atoms with Gasteiger partial charge in [-0.15, -0.1) is 0 Å². The van der Waals surface area contributed by atoms with Crippen molar-refractivity contribution in [3.8, 4) is 5.75 Å². The summed E-state index contributed by atoms with van der Waals surface area (Å²) in [5.41, 5.74) is 1.67. The highest BCUT2D eigenvalue weighted by Crippen LogP contribution is 2.21. The molecular formula is C22H28N4O4. The largest absolute Gasteiger partial charge is 0.497 e. The van der Waals surface area contributed by atoms with Crippen LogP contribution >= 0.6 is 0 Å². The van der Waals surface area contributed by atoms with Gasteiger partial charge in [0.1, 0.15) is 5.75 Å². The molecule has 2 aliphatic rings. The first-order chi connectivity index (χ1) is 14.6. The number of benzene rings is 1. The number of likely N-dealkylation sites (tertiary alicyclic amines) is 1. The van der Waals surface area contributed by atoms with Crippen LogP contribution in [0.4, 0.5) is 5.69 Å². The molecule has 30 heavy (non-hydrogen) atoms. The van der Waals surface area contributed by atoms with Gasteiger partial charge < -0.3 is 19.3 Å². The van der Waals surface area contributed by atoms with E-state index in [1.165, 1.54) is 4.68 Å². The van der Waals surface area contributed by atoms with E-state index in [2.05, 4.69) is 10.00 Å². The lowest BCUT2D eigenvalue weighted by Crippen LogP contribution is -2.44. The predicted molar refractivity (Wildman–Crippen MR) is 113 cm³/mol. The molecule has 1 atom stereocenters. The average Bonchev–Trinajstić information content (AvgIpc) is 2.80. The molecule has 0 N–H and O–H groups in total. The van der Waals surface area contributed by atoms with Gasteiger partial charge in [0, 0.05) is 32.2 Å². The van der Waals surface area contributed by atoms with Crippen molar-refractivity contribution < 1.29 is 14.3 Å². The second-order valence-corrected chi connectivity index (χ2v) is 7.76. The summed E-state index contributed by atoms with van der Waals surface area (Å²) < 4.78 is 12.1. The Kier molecular flexibility index (Phi) is 6.32. The van der Waals surface area contributed by atoms with Crippen molar-refractivity contribution in [1.29, 1.82) is 0 Å². The standard InChI is InChI=1S/C22H28N4O4/c1-29-20-6-4-17(5-7-20)13-21(27)25-8-2-3-18(16-25)26-22(28)14-19(15-23-26)24-9-11-30-12-10-24/h4-7,14-15,18H,2-3,8-13,16H2,1H3. The Balaban J connectivity index is 1.41. The smallest absolute Gasteiger partial charge is 0.269 e. The van der Waals surface area contributed by atoms with Gasteiger partial charge in [-0.25, -0.2) is 4.68 Å². The minimum Gasteiger partial charge on any atom is -0.497 e. The fraction of sp³-hybridized carbons (Fsp3) is 0.500. The minimum atomic E-state index is -0.117. The maximum atomic E-state index is 12.8. The van der Waals surface area contributed by atoms with Crippen molar-refractivity contribution in [2.45, 2.75) is 25.3 Å². The third-order valence-electron chi connectivity index (χ3n) is 5.80. The van der Waals surface area contributed by atoms with Crippen LogP contribution in [0.5, 0.6) is 5.75 Å². The Morgan fingerprint density at radius 3 is 2.67 bits per heavy atom. The maximum absolute atomic E-state index is 12.8. The van der Waals surface area contributed by atoms with Gasteiger partial charge in [-0.2, -0.15) is 5.10 Å². The second-order valence-electron chi connectivity index (χ2n) is 7.76. The molecule has 2 aliphatic heterocycles. The normalized spacial score (nSPS) is 19.6. The molecule has 2 fully saturated rings. The van der Waals surface area contributed by atoms with Crippen LogP contribution in [0.25, 0.3) is 0 Å². The topological polar surface area (TPSA) is 76.9 Å². The number of amides is 1. The lowest BCUT2D eigenvalue weighted by molar-refractivity contribution is -0.132. The van der Waals surface area contributed by atoms with Crippen LogP contribution in [0.15, 0.2) is 41.3 Å². The maximum Gasteiger partial charge on any atom is 0.269 e. The molecule has 0 aliphatic carbocycles. The molecule has 0 saturated carbocycles. The summed E-state index contributed by atoms with van der Waals surface area (Å²) in [6.45, 7) is 4.09. The van der Waals surface area contributed by atoms with Crippen LogP contribution in [0.2, 0.25) is 0 Å². The summed E-state index contributed by atoms with van der Waals surface area (Å²) in [5, 5.41) is 4.44. The van der Waals surface area contributed by atoms with Gasteiger partial charge >= 0.3 is 0 Å². The van der Waals surface area contributed by atoms with Crippen molar-refractivity contribution >= 4 is 11.6 Å². The third kappa shape index (κ3) is 4.64. The van der Waals surface area contributed by atoms with Gasteiger partial charge in [-0.1, -0.05) is 12.1 Å². The Hall–Kier alpha value is -2.87. The molecule has 1 aromatic carbocycles. The number of morpholine rings is 1. The lowest BCUT2D eigenvalue weighted by atomic mass is 10.0. The van der Waals surface area contributed by atoms with Crippen LogP contribution in [0.1, 0.15) is 24.4 Å². The predicted octanol–water partition coefficient (Wildman–Crippen LogP) is 1.49. The van der Waals surface area contributed by atoms with Gasteiger partial charge in [0.25, 0.3) is 5.56 Å². The van der Waals surface area contributed by atoms with E-state index in [9.17, 15) is 9.59 Å². The van der Waals surface area contributed by atoms with Crippen LogP contribution < -0.4 is 15.2 Å². The van der Waals surface area contributed by atoms with Gasteiger partial charge in [0.15, 0.2) is 0 Å². The Labute approximate surface area is 176 Å². The molecule has 3 heterocycles. The number of methoxy groups -OCH3 is 1. The highest BCUT2D eigenvalue weighted by molar-refractivity contribution is 5.79. The zero-order chi connectivity index (χ0) is 20.9. The zero-order valence-electron chi connectivity index (χ0n) is 17.3. The van der Waals surface area contributed by atoms with E-state index in [0.29, 0.717) is 32.7 Å². The van der Waals surface area contributed by atoms with Gasteiger partial charge in [0.05, 0.1) is 44.7 Å². The first-order valence-corrected chi connectivity index (χ1v) is 10.5. The van der Waals surface area contributed by atoms with Crippen LogP contribution in [-0.2, 0) is 16.0 Å². The van der Waals surface area contributed by atoms with E-state index < -0.39 is 0 Å². The monoisotopic (exact) mass is 412 g/mol. The van der Waals surface area contributed by atoms with Crippen molar-refractivity contribution in [3.63, 3.8) is 0 Å². The minimum absolute atomic E-state index is 0.0721. The summed E-state index contributed by atoms with van der Waals surface area (Å²) in [4.78, 5) is 29.5. The molecule has 1 aromatic heterocycles. The fourth-order valence-corrected chi connectivity index (χ4v) is 4.09. The number of hydrogen-bond acceptors (Lipinski definition) is 6. The first kappa shape index (κ1) is 20.4. The van der Waals surface area contributed by atoms with E-state index in [4.69, 9.17) is 9.47 Å². The highest BCUT2D eigenvalue weighted by Gasteiger charge is 2.26. The molecule has 4 rings (SSSR count). The van der Waals surface area contributed by atoms with Crippen molar-refractivity contribution in [2.24, 2.45) is 0 Å². The van der Waals surface area contributed by atoms with E-state index in [0.717, 1.165) is 42.9 Å². The Morgan fingerprint density at radius 1 is 1.20 bits per heavy atom. The van der Waals surface area contributed by atoms with E-state index in [1.54, 1.807) is 19.4 Å². The Bertz CT molecular complexity index is 921. The number of hydrogen-bond donors (Lipinski definition) is 0. The van der Waals surface area contributed by atoms with Crippen molar-refractivity contribution in [1.82, 2.24) is 14.7 Å². The molecule has 8 nitrogen and oxygen atoms in total. The van der Waals surface area contributed by atoms with Gasteiger partial charge in [0.2, 0.25) is 5.91 Å². The van der Waals surface area contributed by atoms with E-state index >= 15 is 0 Å². The highest BCUT2D eigenvalue weighted by atomic mass is 16.5. The van der Waals surface area contributed by atoms with Crippen LogP contribution in [0.3, 0.4) is 0 Å². The van der Waals surface area contributed by atoms with Crippen LogP contribution in [0, 0.1) is 0 Å². The second kappa shape index (κ2) is 9.30. The number of carbonyl (C=O) groups is 1. The van der Waals surface area contributed by atoms with Crippen molar-refractivity contribution in [3.05, 3.63) is 52.4 Å². The number of carbonyl (C=O) groups excluding carboxylic acids is 1. The molecular weight excluding hydrogens is 384 g/mol. The fourth-order valence-electron chi connectivity index (χ4n) is 4.09. The summed E-state index contributed by atoms with van der Waals surface area (Å²) in [7, 11) is 1.62.